The first-order valence-corrected chi connectivity index (χ1v) is 12.2. The molecule has 9 heteroatoms. The number of Topliss-reactive ketones (excluding diaryl/α,β-unsaturated/α-hetero) is 1. The Labute approximate surface area is 199 Å². The summed E-state index contributed by atoms with van der Waals surface area (Å²) in [6.45, 7) is 12.2. The van der Waals surface area contributed by atoms with Crippen LogP contribution in [-0.4, -0.2) is 58.6 Å². The fraction of sp³-hybridized carbons (Fsp3) is 0.542. The summed E-state index contributed by atoms with van der Waals surface area (Å²) in [5.74, 6) is -2.36. The molecule has 8 nitrogen and oxygen atoms in total. The predicted molar refractivity (Wildman–Crippen MR) is 131 cm³/mol. The van der Waals surface area contributed by atoms with Crippen molar-refractivity contribution in [3.05, 3.63) is 27.3 Å². The van der Waals surface area contributed by atoms with Crippen LogP contribution in [0.3, 0.4) is 0 Å². The first-order chi connectivity index (χ1) is 15.5. The molecule has 1 aromatic heterocycles. The molecule has 33 heavy (non-hydrogen) atoms. The number of carbonyl (C=O) groups is 4. The topological polar surface area (TPSA) is 90.9 Å². The van der Waals surface area contributed by atoms with Crippen molar-refractivity contribution in [2.45, 2.75) is 67.2 Å². The minimum Gasteiger partial charge on any atom is -0.348 e. The van der Waals surface area contributed by atoms with Crippen molar-refractivity contribution in [3.63, 3.8) is 0 Å². The van der Waals surface area contributed by atoms with Crippen molar-refractivity contribution in [1.82, 2.24) is 15.0 Å². The first-order valence-electron chi connectivity index (χ1n) is 11.3. The zero-order valence-electron chi connectivity index (χ0n) is 20.7. The van der Waals surface area contributed by atoms with E-state index >= 15 is 0 Å². The minimum absolute atomic E-state index is 0.0936. The molecule has 0 aliphatic carbocycles. The molecule has 0 bridgehead atoms. The number of anilines is 1. The molecule has 0 unspecified atom stereocenters. The summed E-state index contributed by atoms with van der Waals surface area (Å²) in [4.78, 5) is 58.1. The molecule has 0 atom stereocenters. The SMILES string of the molecule is CCCCN(CCCC)c1nc(C)c(/C=C2/C(=O)N(N(C)C(C)=O)C(=O)C(C(C)=O)=C2C)s1. The third-order valence-electron chi connectivity index (χ3n) is 5.65. The van der Waals surface area contributed by atoms with Crippen LogP contribution in [0.2, 0.25) is 0 Å². The standard InChI is InChI=1S/C24H34N4O4S/c1-8-10-12-27(13-11-9-2)24-25-16(4)20(33-24)14-19-15(3)21(17(5)29)23(32)28(22(19)31)26(7)18(6)30/h14H,8-13H2,1-7H3/b19-14+. The number of rotatable bonds is 10. The first kappa shape index (κ1) is 26.4. The molecule has 0 aromatic carbocycles. The normalized spacial score (nSPS) is 15.5. The molecule has 180 valence electrons. The second-order valence-corrected chi connectivity index (χ2v) is 9.23. The van der Waals surface area contributed by atoms with E-state index < -0.39 is 23.5 Å². The number of imide groups is 1. The van der Waals surface area contributed by atoms with Crippen LogP contribution in [0.4, 0.5) is 5.13 Å². The zero-order valence-corrected chi connectivity index (χ0v) is 21.5. The van der Waals surface area contributed by atoms with Gasteiger partial charge < -0.3 is 4.90 Å². The molecule has 1 aromatic rings. The van der Waals surface area contributed by atoms with Crippen LogP contribution in [0, 0.1) is 6.92 Å². The van der Waals surface area contributed by atoms with E-state index in [0.717, 1.165) is 64.5 Å². The average Bonchev–Trinajstić information content (AvgIpc) is 3.10. The van der Waals surface area contributed by atoms with Crippen molar-refractivity contribution < 1.29 is 19.2 Å². The second-order valence-electron chi connectivity index (χ2n) is 8.22. The number of hydrazine groups is 1. The van der Waals surface area contributed by atoms with Gasteiger partial charge >= 0.3 is 0 Å². The molecule has 2 heterocycles. The number of hydrogen-bond donors (Lipinski definition) is 0. The van der Waals surface area contributed by atoms with E-state index in [2.05, 4.69) is 18.7 Å². The molecule has 0 saturated heterocycles. The molecule has 2 rings (SSSR count). The quantitative estimate of drug-likeness (QED) is 0.290. The molecular weight excluding hydrogens is 440 g/mol. The van der Waals surface area contributed by atoms with Gasteiger partial charge in [0.05, 0.1) is 16.1 Å². The molecule has 0 radical (unpaired) electrons. The van der Waals surface area contributed by atoms with Gasteiger partial charge in [0.2, 0.25) is 5.91 Å². The zero-order chi connectivity index (χ0) is 24.9. The third kappa shape index (κ3) is 5.76. The lowest BCUT2D eigenvalue weighted by Gasteiger charge is -2.34. The van der Waals surface area contributed by atoms with E-state index in [1.807, 2.05) is 6.92 Å². The maximum Gasteiger partial charge on any atom is 0.283 e. The van der Waals surface area contributed by atoms with Crippen molar-refractivity contribution in [1.29, 1.82) is 0 Å². The predicted octanol–water partition coefficient (Wildman–Crippen LogP) is 3.91. The van der Waals surface area contributed by atoms with E-state index in [0.29, 0.717) is 5.57 Å². The van der Waals surface area contributed by atoms with Gasteiger partial charge in [-0.2, -0.15) is 5.01 Å². The maximum absolute atomic E-state index is 13.3. The fourth-order valence-corrected chi connectivity index (χ4v) is 4.62. The van der Waals surface area contributed by atoms with Crippen LogP contribution < -0.4 is 4.90 Å². The third-order valence-corrected chi connectivity index (χ3v) is 6.81. The summed E-state index contributed by atoms with van der Waals surface area (Å²) < 4.78 is 0. The Morgan fingerprint density at radius 2 is 1.61 bits per heavy atom. The minimum atomic E-state index is -0.785. The average molecular weight is 475 g/mol. The van der Waals surface area contributed by atoms with E-state index in [1.54, 1.807) is 13.0 Å². The summed E-state index contributed by atoms with van der Waals surface area (Å²) in [5, 5.41) is 2.58. The highest BCUT2D eigenvalue weighted by Gasteiger charge is 2.40. The Morgan fingerprint density at radius 3 is 2.09 bits per heavy atom. The number of thiazole rings is 1. The van der Waals surface area contributed by atoms with Gasteiger partial charge in [-0.3, -0.25) is 19.2 Å². The van der Waals surface area contributed by atoms with Crippen LogP contribution in [0.5, 0.6) is 0 Å². The molecule has 1 aliphatic rings. The maximum atomic E-state index is 13.3. The Kier molecular flexibility index (Phi) is 9.10. The highest BCUT2D eigenvalue weighted by atomic mass is 32.1. The van der Waals surface area contributed by atoms with Crippen LogP contribution in [0.15, 0.2) is 16.7 Å². The van der Waals surface area contributed by atoms with Gasteiger partial charge in [-0.05, 0) is 45.3 Å². The van der Waals surface area contributed by atoms with Crippen LogP contribution in [-0.2, 0) is 19.2 Å². The van der Waals surface area contributed by atoms with Gasteiger partial charge in [0.15, 0.2) is 10.9 Å². The summed E-state index contributed by atoms with van der Waals surface area (Å²) in [6.07, 6.45) is 5.99. The number of nitrogens with zero attached hydrogens (tertiary/aromatic N) is 4. The Balaban J connectivity index is 2.57. The summed E-state index contributed by atoms with van der Waals surface area (Å²) >= 11 is 1.49. The van der Waals surface area contributed by atoms with E-state index in [4.69, 9.17) is 4.98 Å². The molecule has 1 aliphatic heterocycles. The Morgan fingerprint density at radius 1 is 1.03 bits per heavy atom. The van der Waals surface area contributed by atoms with Crippen molar-refractivity contribution in [3.8, 4) is 0 Å². The van der Waals surface area contributed by atoms with Crippen molar-refractivity contribution >= 4 is 46.0 Å². The lowest BCUT2D eigenvalue weighted by Crippen LogP contribution is -2.54. The molecule has 0 spiro atoms. The number of hydrogen-bond acceptors (Lipinski definition) is 7. The van der Waals surface area contributed by atoms with Crippen LogP contribution in [0.25, 0.3) is 6.08 Å². The summed E-state index contributed by atoms with van der Waals surface area (Å²) in [6, 6.07) is 0. The molecule has 0 fully saturated rings. The van der Waals surface area contributed by atoms with E-state index in [-0.39, 0.29) is 11.1 Å². The molecule has 0 N–H and O–H groups in total. The van der Waals surface area contributed by atoms with Crippen LogP contribution in [0.1, 0.15) is 70.9 Å². The fourth-order valence-electron chi connectivity index (χ4n) is 3.56. The highest BCUT2D eigenvalue weighted by molar-refractivity contribution is 7.16. The van der Waals surface area contributed by atoms with Gasteiger partial charge in [-0.1, -0.05) is 38.0 Å². The second kappa shape index (κ2) is 11.4. The molecule has 3 amide bonds. The van der Waals surface area contributed by atoms with Gasteiger partial charge in [0.1, 0.15) is 0 Å². The lowest BCUT2D eigenvalue weighted by atomic mass is 9.93. The number of amides is 3. The number of aromatic nitrogens is 1. The molecule has 0 saturated carbocycles. The summed E-state index contributed by atoms with van der Waals surface area (Å²) in [7, 11) is 1.34. The van der Waals surface area contributed by atoms with Crippen molar-refractivity contribution in [2.24, 2.45) is 0 Å². The number of ketones is 1. The Bertz CT molecular complexity index is 1000. The van der Waals surface area contributed by atoms with Crippen LogP contribution >= 0.6 is 11.3 Å². The van der Waals surface area contributed by atoms with Gasteiger partial charge in [-0.15, -0.1) is 0 Å². The van der Waals surface area contributed by atoms with Crippen molar-refractivity contribution in [2.75, 3.05) is 25.0 Å². The largest absolute Gasteiger partial charge is 0.348 e. The number of carbonyl (C=O) groups excluding carboxylic acids is 4. The Hall–Kier alpha value is -2.81. The monoisotopic (exact) mass is 474 g/mol. The van der Waals surface area contributed by atoms with Gasteiger partial charge in [0.25, 0.3) is 11.8 Å². The van der Waals surface area contributed by atoms with Gasteiger partial charge in [-0.25, -0.2) is 9.99 Å². The number of aryl methyl sites for hydroxylation is 1. The molecular formula is C24H34N4O4S. The van der Waals surface area contributed by atoms with Gasteiger partial charge in [0, 0.05) is 32.6 Å². The highest BCUT2D eigenvalue weighted by Crippen LogP contribution is 2.33. The van der Waals surface area contributed by atoms with E-state index in [1.165, 1.54) is 32.2 Å². The summed E-state index contributed by atoms with van der Waals surface area (Å²) in [5.41, 5.74) is 1.20. The lowest BCUT2D eigenvalue weighted by molar-refractivity contribution is -0.166. The van der Waals surface area contributed by atoms with E-state index in [9.17, 15) is 19.2 Å². The smallest absolute Gasteiger partial charge is 0.283 e. The number of unbranched alkanes of at least 4 members (excludes halogenated alkanes) is 2.